The van der Waals surface area contributed by atoms with Crippen molar-refractivity contribution in [2.45, 2.75) is 44.8 Å². The second-order valence-electron chi connectivity index (χ2n) is 9.30. The molecule has 0 radical (unpaired) electrons. The van der Waals surface area contributed by atoms with E-state index in [4.69, 9.17) is 4.74 Å². The van der Waals surface area contributed by atoms with Crippen LogP contribution in [0.3, 0.4) is 0 Å². The van der Waals surface area contributed by atoms with E-state index in [1.54, 1.807) is 25.3 Å². The Morgan fingerprint density at radius 2 is 2.03 bits per heavy atom. The molecule has 3 heterocycles. The number of ether oxygens (including phenoxy) is 1. The summed E-state index contributed by atoms with van der Waals surface area (Å²) in [4.78, 5) is 55.6. The number of methoxy groups -OCH3 is 1. The number of imide groups is 1. The SMILES string of the molecule is COc1cccc2sc(C(C)(C)NC(=O)Nc3ccc4c(c3)CN(C3CCC(=O)NC3=O)C4=O)nc12. The van der Waals surface area contributed by atoms with Gasteiger partial charge >= 0.3 is 6.03 Å². The van der Waals surface area contributed by atoms with Crippen LogP contribution in [0.5, 0.6) is 5.75 Å². The van der Waals surface area contributed by atoms with E-state index < -0.39 is 23.5 Å². The summed E-state index contributed by atoms with van der Waals surface area (Å²) in [5, 5.41) is 8.81. The number of carbonyl (C=O) groups excluding carboxylic acids is 4. The van der Waals surface area contributed by atoms with Crippen LogP contribution in [-0.2, 0) is 21.7 Å². The lowest BCUT2D eigenvalue weighted by atomic mass is 10.0. The van der Waals surface area contributed by atoms with E-state index in [2.05, 4.69) is 20.9 Å². The molecule has 1 fully saturated rings. The summed E-state index contributed by atoms with van der Waals surface area (Å²) in [6, 6.07) is 9.62. The fourth-order valence-electron chi connectivity index (χ4n) is 4.51. The fourth-order valence-corrected chi connectivity index (χ4v) is 5.55. The maximum atomic E-state index is 12.9. The van der Waals surface area contributed by atoms with Crippen LogP contribution in [0.15, 0.2) is 36.4 Å². The minimum atomic E-state index is -0.756. The molecule has 0 saturated carbocycles. The summed E-state index contributed by atoms with van der Waals surface area (Å²) in [6.45, 7) is 3.97. The Hall–Kier alpha value is -3.99. The third kappa shape index (κ3) is 4.26. The highest BCUT2D eigenvalue weighted by Crippen LogP contribution is 2.34. The molecule has 3 aromatic rings. The maximum Gasteiger partial charge on any atom is 0.319 e. The van der Waals surface area contributed by atoms with Crippen molar-refractivity contribution in [3.8, 4) is 5.75 Å². The van der Waals surface area contributed by atoms with Crippen LogP contribution in [0, 0.1) is 0 Å². The van der Waals surface area contributed by atoms with Gasteiger partial charge in [0.25, 0.3) is 5.91 Å². The van der Waals surface area contributed by atoms with Crippen molar-refractivity contribution in [1.29, 1.82) is 0 Å². The molecule has 1 saturated heterocycles. The molecular formula is C25H25N5O5S. The molecule has 3 N–H and O–H groups in total. The van der Waals surface area contributed by atoms with E-state index in [0.717, 1.165) is 15.2 Å². The van der Waals surface area contributed by atoms with Gasteiger partial charge in [-0.25, -0.2) is 9.78 Å². The standard InChI is InChI=1S/C25H25N5O5S/c1-25(2,23-28-20-17(35-3)5-4-6-18(20)36-23)29-24(34)26-14-7-8-15-13(11-14)12-30(22(15)33)16-9-10-19(31)27-21(16)32/h4-8,11,16H,9-10,12H2,1-3H3,(H2,26,29,34)(H,27,31,32). The molecule has 0 aliphatic carbocycles. The third-order valence-corrected chi connectivity index (χ3v) is 7.69. The van der Waals surface area contributed by atoms with Gasteiger partial charge in [0.2, 0.25) is 11.8 Å². The van der Waals surface area contributed by atoms with Crippen LogP contribution >= 0.6 is 11.3 Å². The predicted octanol–water partition coefficient (Wildman–Crippen LogP) is 3.12. The summed E-state index contributed by atoms with van der Waals surface area (Å²) in [6.07, 6.45) is 0.491. The average molecular weight is 508 g/mol. The van der Waals surface area contributed by atoms with Gasteiger partial charge in [-0.2, -0.15) is 0 Å². The number of amides is 5. The van der Waals surface area contributed by atoms with Crippen molar-refractivity contribution in [1.82, 2.24) is 20.5 Å². The lowest BCUT2D eigenvalue weighted by molar-refractivity contribution is -0.136. The minimum absolute atomic E-state index is 0.195. The lowest BCUT2D eigenvalue weighted by Gasteiger charge is -2.29. The first-order chi connectivity index (χ1) is 17.2. The van der Waals surface area contributed by atoms with Gasteiger partial charge in [0.15, 0.2) is 0 Å². The molecule has 1 unspecified atom stereocenters. The van der Waals surface area contributed by atoms with Gasteiger partial charge in [-0.3, -0.25) is 19.7 Å². The third-order valence-electron chi connectivity index (χ3n) is 6.34. The van der Waals surface area contributed by atoms with Crippen molar-refractivity contribution in [3.05, 3.63) is 52.5 Å². The summed E-state index contributed by atoms with van der Waals surface area (Å²) in [7, 11) is 1.60. The van der Waals surface area contributed by atoms with E-state index in [9.17, 15) is 19.2 Å². The van der Waals surface area contributed by atoms with Gasteiger partial charge in [-0.05, 0) is 56.2 Å². The van der Waals surface area contributed by atoms with Crippen molar-refractivity contribution in [2.24, 2.45) is 0 Å². The molecule has 2 aliphatic rings. The van der Waals surface area contributed by atoms with E-state index in [1.165, 1.54) is 16.2 Å². The lowest BCUT2D eigenvalue weighted by Crippen LogP contribution is -2.52. The van der Waals surface area contributed by atoms with Crippen molar-refractivity contribution in [2.75, 3.05) is 12.4 Å². The Balaban J connectivity index is 1.28. The molecule has 2 aromatic carbocycles. The zero-order valence-corrected chi connectivity index (χ0v) is 20.8. The number of aromatic nitrogens is 1. The molecule has 5 rings (SSSR count). The number of benzene rings is 2. The zero-order valence-electron chi connectivity index (χ0n) is 20.0. The number of nitrogens with zero attached hydrogens (tertiary/aromatic N) is 2. The molecular weight excluding hydrogens is 482 g/mol. The van der Waals surface area contributed by atoms with E-state index in [-0.39, 0.29) is 24.8 Å². The number of hydrogen-bond acceptors (Lipinski definition) is 7. The van der Waals surface area contributed by atoms with Gasteiger partial charge in [-0.1, -0.05) is 6.07 Å². The number of para-hydroxylation sites is 1. The van der Waals surface area contributed by atoms with Gasteiger partial charge in [0.05, 0.1) is 17.3 Å². The van der Waals surface area contributed by atoms with Crippen molar-refractivity contribution >= 4 is 51.0 Å². The first-order valence-corrected chi connectivity index (χ1v) is 12.3. The largest absolute Gasteiger partial charge is 0.494 e. The quantitative estimate of drug-likeness (QED) is 0.455. The van der Waals surface area contributed by atoms with Crippen LogP contribution in [-0.4, -0.2) is 46.8 Å². The number of piperidine rings is 1. The predicted molar refractivity (Wildman–Crippen MR) is 134 cm³/mol. The highest BCUT2D eigenvalue weighted by molar-refractivity contribution is 7.18. The molecule has 5 amide bonds. The van der Waals surface area contributed by atoms with E-state index in [1.807, 2.05) is 32.0 Å². The van der Waals surface area contributed by atoms with Crippen LogP contribution in [0.25, 0.3) is 10.2 Å². The Kier molecular flexibility index (Phi) is 5.87. The number of hydrogen-bond donors (Lipinski definition) is 3. The average Bonchev–Trinajstić information content (AvgIpc) is 3.40. The summed E-state index contributed by atoms with van der Waals surface area (Å²) >= 11 is 1.48. The Morgan fingerprint density at radius 1 is 1.22 bits per heavy atom. The molecule has 0 bridgehead atoms. The minimum Gasteiger partial charge on any atom is -0.494 e. The Labute approximate surface area is 211 Å². The van der Waals surface area contributed by atoms with Crippen LogP contribution in [0.2, 0.25) is 0 Å². The number of thiazole rings is 1. The number of rotatable bonds is 5. The summed E-state index contributed by atoms with van der Waals surface area (Å²) in [5.41, 5.74) is 1.70. The van der Waals surface area contributed by atoms with E-state index in [0.29, 0.717) is 29.0 Å². The molecule has 11 heteroatoms. The smallest absolute Gasteiger partial charge is 0.319 e. The second-order valence-corrected chi connectivity index (χ2v) is 10.3. The maximum absolute atomic E-state index is 12.9. The van der Waals surface area contributed by atoms with Crippen molar-refractivity contribution < 1.29 is 23.9 Å². The summed E-state index contributed by atoms with van der Waals surface area (Å²) in [5.74, 6) is -0.372. The monoisotopic (exact) mass is 507 g/mol. The Morgan fingerprint density at radius 3 is 2.78 bits per heavy atom. The number of fused-ring (bicyclic) bond motifs is 2. The molecule has 1 aromatic heterocycles. The van der Waals surface area contributed by atoms with Gasteiger partial charge in [0.1, 0.15) is 22.3 Å². The van der Waals surface area contributed by atoms with Crippen molar-refractivity contribution in [3.63, 3.8) is 0 Å². The molecule has 0 spiro atoms. The van der Waals surface area contributed by atoms with E-state index >= 15 is 0 Å². The number of nitrogens with one attached hydrogen (secondary N) is 3. The number of carbonyl (C=O) groups is 4. The highest BCUT2D eigenvalue weighted by atomic mass is 32.1. The van der Waals surface area contributed by atoms with Crippen LogP contribution in [0.1, 0.15) is 47.6 Å². The van der Waals surface area contributed by atoms with Gasteiger partial charge in [0, 0.05) is 24.2 Å². The van der Waals surface area contributed by atoms with Gasteiger partial charge in [-0.15, -0.1) is 11.3 Å². The molecule has 186 valence electrons. The number of anilines is 1. The highest BCUT2D eigenvalue weighted by Gasteiger charge is 2.39. The first kappa shape index (κ1) is 23.7. The molecule has 10 nitrogen and oxygen atoms in total. The molecule has 36 heavy (non-hydrogen) atoms. The zero-order chi connectivity index (χ0) is 25.6. The summed E-state index contributed by atoms with van der Waals surface area (Å²) < 4.78 is 6.36. The first-order valence-electron chi connectivity index (χ1n) is 11.5. The number of urea groups is 1. The fraction of sp³-hybridized carbons (Fsp3) is 0.320. The second kappa shape index (κ2) is 8.90. The molecule has 1 atom stereocenters. The Bertz CT molecular complexity index is 1420. The van der Waals surface area contributed by atoms with Crippen LogP contribution < -0.4 is 20.7 Å². The molecule has 2 aliphatic heterocycles. The normalized spacial score (nSPS) is 17.7. The van der Waals surface area contributed by atoms with Gasteiger partial charge < -0.3 is 20.3 Å². The topological polar surface area (TPSA) is 130 Å². The van der Waals surface area contributed by atoms with Crippen LogP contribution in [0.4, 0.5) is 10.5 Å².